The van der Waals surface area contributed by atoms with Crippen molar-refractivity contribution in [2.24, 2.45) is 0 Å². The molecule has 0 fully saturated rings. The Morgan fingerprint density at radius 1 is 0.792 bits per heavy atom. The number of fused-ring (bicyclic) bond motifs is 1. The van der Waals surface area contributed by atoms with Crippen molar-refractivity contribution in [3.8, 4) is 5.69 Å². The zero-order chi connectivity index (χ0) is 16.4. The van der Waals surface area contributed by atoms with Crippen molar-refractivity contribution in [1.29, 1.82) is 0 Å². The van der Waals surface area contributed by atoms with E-state index in [4.69, 9.17) is 4.98 Å². The maximum Gasteiger partial charge on any atom is 0.163 e. The summed E-state index contributed by atoms with van der Waals surface area (Å²) in [5.74, 6) is 0. The molecule has 0 unspecified atom stereocenters. The average Bonchev–Trinajstić information content (AvgIpc) is 2.98. The largest absolute Gasteiger partial charge is 0.233 e. The highest BCUT2D eigenvalue weighted by atomic mass is 15.3. The van der Waals surface area contributed by atoms with Crippen LogP contribution in [-0.2, 0) is 12.8 Å². The monoisotopic (exact) mass is 313 g/mol. The van der Waals surface area contributed by atoms with Gasteiger partial charge in [-0.3, -0.25) is 0 Å². The smallest absolute Gasteiger partial charge is 0.163 e. The Kier molecular flexibility index (Phi) is 3.83. The molecule has 0 aliphatic carbocycles. The van der Waals surface area contributed by atoms with Crippen molar-refractivity contribution in [3.63, 3.8) is 0 Å². The topological polar surface area (TPSA) is 30.7 Å². The van der Waals surface area contributed by atoms with E-state index in [2.05, 4.69) is 59.7 Å². The molecule has 0 spiro atoms. The Hall–Kier alpha value is -2.94. The first kappa shape index (κ1) is 14.6. The van der Waals surface area contributed by atoms with E-state index in [-0.39, 0.29) is 0 Å². The zero-order valence-corrected chi connectivity index (χ0v) is 13.7. The molecule has 0 radical (unpaired) electrons. The van der Waals surface area contributed by atoms with Gasteiger partial charge in [-0.2, -0.15) is 5.10 Å². The van der Waals surface area contributed by atoms with Gasteiger partial charge >= 0.3 is 0 Å². The van der Waals surface area contributed by atoms with Crippen molar-refractivity contribution >= 4 is 11.0 Å². The van der Waals surface area contributed by atoms with Crippen LogP contribution in [0.25, 0.3) is 16.7 Å². The van der Waals surface area contributed by atoms with Crippen LogP contribution in [0.4, 0.5) is 0 Å². The van der Waals surface area contributed by atoms with Crippen LogP contribution in [0.1, 0.15) is 17.0 Å². The minimum absolute atomic E-state index is 0.930. The van der Waals surface area contributed by atoms with E-state index in [0.717, 1.165) is 41.0 Å². The van der Waals surface area contributed by atoms with Gasteiger partial charge in [0.05, 0.1) is 11.4 Å². The molecule has 24 heavy (non-hydrogen) atoms. The molecule has 3 nitrogen and oxygen atoms in total. The normalized spacial score (nSPS) is 11.0. The predicted octanol–water partition coefficient (Wildman–Crippen LogP) is 4.51. The fourth-order valence-electron chi connectivity index (χ4n) is 2.99. The van der Waals surface area contributed by atoms with Gasteiger partial charge in [-0.05, 0) is 49.6 Å². The standard InChI is InChI=1S/C21H19N3/c1-16-20-15-14-18(13-12-17-8-4-2-5-9-17)22-21(20)24(23-16)19-10-6-3-7-11-19/h2-11,14-15H,12-13H2,1H3. The van der Waals surface area contributed by atoms with Gasteiger partial charge in [-0.25, -0.2) is 9.67 Å². The molecule has 0 saturated carbocycles. The van der Waals surface area contributed by atoms with E-state index >= 15 is 0 Å². The third-order valence-corrected chi connectivity index (χ3v) is 4.29. The maximum absolute atomic E-state index is 4.89. The second-order valence-corrected chi connectivity index (χ2v) is 5.99. The third kappa shape index (κ3) is 2.81. The third-order valence-electron chi connectivity index (χ3n) is 4.29. The summed E-state index contributed by atoms with van der Waals surface area (Å²) in [6.07, 6.45) is 1.93. The summed E-state index contributed by atoms with van der Waals surface area (Å²) < 4.78 is 1.94. The van der Waals surface area contributed by atoms with Crippen LogP contribution in [0.15, 0.2) is 72.8 Å². The Morgan fingerprint density at radius 2 is 1.50 bits per heavy atom. The minimum atomic E-state index is 0.930. The summed E-state index contributed by atoms with van der Waals surface area (Å²) in [5, 5.41) is 5.79. The Labute approximate surface area is 141 Å². The van der Waals surface area contributed by atoms with E-state index in [9.17, 15) is 0 Å². The molecule has 2 heterocycles. The molecule has 0 bridgehead atoms. The first-order valence-corrected chi connectivity index (χ1v) is 8.26. The highest BCUT2D eigenvalue weighted by Gasteiger charge is 2.11. The van der Waals surface area contributed by atoms with Crippen LogP contribution in [-0.4, -0.2) is 14.8 Å². The van der Waals surface area contributed by atoms with Crippen molar-refractivity contribution in [2.45, 2.75) is 19.8 Å². The number of aryl methyl sites for hydroxylation is 3. The molecule has 118 valence electrons. The van der Waals surface area contributed by atoms with Gasteiger partial charge in [0, 0.05) is 11.1 Å². The van der Waals surface area contributed by atoms with Crippen molar-refractivity contribution in [1.82, 2.24) is 14.8 Å². The number of para-hydroxylation sites is 1. The lowest BCUT2D eigenvalue weighted by molar-refractivity contribution is 0.863. The predicted molar refractivity (Wildman–Crippen MR) is 97.5 cm³/mol. The second-order valence-electron chi connectivity index (χ2n) is 5.99. The lowest BCUT2D eigenvalue weighted by atomic mass is 10.1. The number of aromatic nitrogens is 3. The van der Waals surface area contributed by atoms with E-state index in [1.807, 2.05) is 29.8 Å². The molecule has 2 aromatic carbocycles. The summed E-state index contributed by atoms with van der Waals surface area (Å²) >= 11 is 0. The number of rotatable bonds is 4. The van der Waals surface area contributed by atoms with Crippen molar-refractivity contribution in [3.05, 3.63) is 89.7 Å². The van der Waals surface area contributed by atoms with E-state index in [1.54, 1.807) is 0 Å². The van der Waals surface area contributed by atoms with Crippen LogP contribution in [0.5, 0.6) is 0 Å². The summed E-state index contributed by atoms with van der Waals surface area (Å²) in [7, 11) is 0. The van der Waals surface area contributed by atoms with Crippen LogP contribution in [0.3, 0.4) is 0 Å². The number of benzene rings is 2. The van der Waals surface area contributed by atoms with E-state index in [0.29, 0.717) is 0 Å². The van der Waals surface area contributed by atoms with Gasteiger partial charge < -0.3 is 0 Å². The van der Waals surface area contributed by atoms with Gasteiger partial charge in [0.2, 0.25) is 0 Å². The molecule has 4 aromatic rings. The van der Waals surface area contributed by atoms with E-state index < -0.39 is 0 Å². The van der Waals surface area contributed by atoms with Crippen LogP contribution >= 0.6 is 0 Å². The number of pyridine rings is 1. The minimum Gasteiger partial charge on any atom is -0.233 e. The Balaban J connectivity index is 1.69. The molecule has 0 saturated heterocycles. The zero-order valence-electron chi connectivity index (χ0n) is 13.7. The first-order chi connectivity index (χ1) is 11.8. The highest BCUT2D eigenvalue weighted by molar-refractivity contribution is 5.79. The van der Waals surface area contributed by atoms with Crippen LogP contribution < -0.4 is 0 Å². The molecule has 4 rings (SSSR count). The molecule has 3 heteroatoms. The van der Waals surface area contributed by atoms with E-state index in [1.165, 1.54) is 5.56 Å². The molecule has 0 amide bonds. The lowest BCUT2D eigenvalue weighted by Gasteiger charge is -2.05. The number of nitrogens with zero attached hydrogens (tertiary/aromatic N) is 3. The summed E-state index contributed by atoms with van der Waals surface area (Å²) in [6.45, 7) is 2.03. The molecular formula is C21H19N3. The Morgan fingerprint density at radius 3 is 2.25 bits per heavy atom. The molecule has 0 atom stereocenters. The van der Waals surface area contributed by atoms with Gasteiger partial charge in [0.15, 0.2) is 5.65 Å². The number of hydrogen-bond acceptors (Lipinski definition) is 2. The molecule has 0 N–H and O–H groups in total. The summed E-state index contributed by atoms with van der Waals surface area (Å²) in [5.41, 5.74) is 5.43. The summed E-state index contributed by atoms with van der Waals surface area (Å²) in [4.78, 5) is 4.89. The molecule has 0 aliphatic heterocycles. The van der Waals surface area contributed by atoms with Crippen LogP contribution in [0.2, 0.25) is 0 Å². The lowest BCUT2D eigenvalue weighted by Crippen LogP contribution is -2.00. The quantitative estimate of drug-likeness (QED) is 0.555. The van der Waals surface area contributed by atoms with Crippen LogP contribution in [0, 0.1) is 6.92 Å². The highest BCUT2D eigenvalue weighted by Crippen LogP contribution is 2.21. The first-order valence-electron chi connectivity index (χ1n) is 8.26. The molecule has 0 aliphatic rings. The molecule has 2 aromatic heterocycles. The van der Waals surface area contributed by atoms with Gasteiger partial charge in [-0.1, -0.05) is 48.5 Å². The van der Waals surface area contributed by atoms with Crippen molar-refractivity contribution < 1.29 is 0 Å². The fraction of sp³-hybridized carbons (Fsp3) is 0.143. The fourth-order valence-corrected chi connectivity index (χ4v) is 2.99. The maximum atomic E-state index is 4.89. The number of hydrogen-bond donors (Lipinski definition) is 0. The SMILES string of the molecule is Cc1nn(-c2ccccc2)c2nc(CCc3ccccc3)ccc12. The average molecular weight is 313 g/mol. The van der Waals surface area contributed by atoms with Gasteiger partial charge in [0.25, 0.3) is 0 Å². The van der Waals surface area contributed by atoms with Gasteiger partial charge in [-0.15, -0.1) is 0 Å². The van der Waals surface area contributed by atoms with Crippen molar-refractivity contribution in [2.75, 3.05) is 0 Å². The second kappa shape index (κ2) is 6.28. The van der Waals surface area contributed by atoms with Gasteiger partial charge in [0.1, 0.15) is 0 Å². The Bertz CT molecular complexity index is 956. The molecular weight excluding hydrogens is 294 g/mol. The summed E-state index contributed by atoms with van der Waals surface area (Å²) in [6, 6.07) is 25.0.